The number of benzene rings is 1. The minimum absolute atomic E-state index is 0.109. The van der Waals surface area contributed by atoms with Crippen molar-refractivity contribution in [1.82, 2.24) is 4.98 Å². The molecule has 1 aromatic carbocycles. The molecular weight excluding hydrogens is 348 g/mol. The highest BCUT2D eigenvalue weighted by molar-refractivity contribution is 7.14. The molecule has 6 heteroatoms. The van der Waals surface area contributed by atoms with Gasteiger partial charge < -0.3 is 14.7 Å². The molecule has 1 saturated carbocycles. The number of aliphatic carboxylic acids is 1. The lowest BCUT2D eigenvalue weighted by molar-refractivity contribution is -0.136. The van der Waals surface area contributed by atoms with E-state index in [0.29, 0.717) is 12.6 Å². The van der Waals surface area contributed by atoms with Gasteiger partial charge >= 0.3 is 5.97 Å². The Hall–Kier alpha value is -2.08. The lowest BCUT2D eigenvalue weighted by Gasteiger charge is -2.26. The van der Waals surface area contributed by atoms with E-state index in [1.807, 2.05) is 41.6 Å². The number of hydrogen-bond acceptors (Lipinski definition) is 5. The molecule has 1 aliphatic rings. The van der Waals surface area contributed by atoms with Gasteiger partial charge in [0.15, 0.2) is 5.13 Å². The molecule has 0 amide bonds. The van der Waals surface area contributed by atoms with Crippen LogP contribution in [0.5, 0.6) is 5.75 Å². The Labute approximate surface area is 158 Å². The normalized spacial score (nSPS) is 19.9. The molecule has 0 spiro atoms. The van der Waals surface area contributed by atoms with E-state index >= 15 is 0 Å². The summed E-state index contributed by atoms with van der Waals surface area (Å²) in [6, 6.07) is 8.11. The molecule has 0 atom stereocenters. The number of anilines is 1. The summed E-state index contributed by atoms with van der Waals surface area (Å²) in [7, 11) is 1.87. The fraction of sp³-hybridized carbons (Fsp3) is 0.500. The Morgan fingerprint density at radius 2 is 1.96 bits per heavy atom. The summed E-state index contributed by atoms with van der Waals surface area (Å²) < 4.78 is 6.11. The molecule has 0 radical (unpaired) electrons. The summed E-state index contributed by atoms with van der Waals surface area (Å²) in [6.07, 6.45) is 5.23. The van der Waals surface area contributed by atoms with Crippen molar-refractivity contribution in [2.45, 2.75) is 45.1 Å². The quantitative estimate of drug-likeness (QED) is 0.762. The lowest BCUT2D eigenvalue weighted by atomic mass is 9.89. The van der Waals surface area contributed by atoms with Gasteiger partial charge in [-0.2, -0.15) is 0 Å². The summed E-state index contributed by atoms with van der Waals surface area (Å²) in [6.45, 7) is 2.77. The molecular formula is C20H26N2O3S. The van der Waals surface area contributed by atoms with Crippen LogP contribution < -0.4 is 9.64 Å². The average Bonchev–Trinajstić information content (AvgIpc) is 3.12. The number of nitrogens with zero attached hydrogens (tertiary/aromatic N) is 2. The zero-order valence-electron chi connectivity index (χ0n) is 15.4. The van der Waals surface area contributed by atoms with Crippen molar-refractivity contribution >= 4 is 22.4 Å². The van der Waals surface area contributed by atoms with E-state index in [1.165, 1.54) is 24.2 Å². The third kappa shape index (κ3) is 4.97. The zero-order chi connectivity index (χ0) is 18.5. The van der Waals surface area contributed by atoms with Gasteiger partial charge in [-0.15, -0.1) is 11.3 Å². The van der Waals surface area contributed by atoms with E-state index < -0.39 is 5.97 Å². The van der Waals surface area contributed by atoms with Gasteiger partial charge in [0.1, 0.15) is 5.75 Å². The van der Waals surface area contributed by atoms with Gasteiger partial charge in [-0.1, -0.05) is 6.92 Å². The first kappa shape index (κ1) is 18.7. The monoisotopic (exact) mass is 374 g/mol. The first-order chi connectivity index (χ1) is 12.5. The zero-order valence-corrected chi connectivity index (χ0v) is 16.2. The largest absolute Gasteiger partial charge is 0.490 e. The molecule has 0 unspecified atom stereocenters. The fourth-order valence-corrected chi connectivity index (χ4v) is 4.00. The van der Waals surface area contributed by atoms with Crippen molar-refractivity contribution in [1.29, 1.82) is 0 Å². The van der Waals surface area contributed by atoms with Gasteiger partial charge in [-0.05, 0) is 55.9 Å². The highest BCUT2D eigenvalue weighted by Gasteiger charge is 2.19. The predicted molar refractivity (Wildman–Crippen MR) is 105 cm³/mol. The average molecular weight is 375 g/mol. The van der Waals surface area contributed by atoms with E-state index in [1.54, 1.807) is 0 Å². The van der Waals surface area contributed by atoms with E-state index in [-0.39, 0.29) is 6.42 Å². The number of rotatable bonds is 7. The SMILES string of the molecule is CN(CCC(=O)O)c1nc(-c2ccc(O[C@H]3CC[C@@H](C)CC3)cc2)cs1. The highest BCUT2D eigenvalue weighted by atomic mass is 32.1. The second kappa shape index (κ2) is 8.54. The molecule has 26 heavy (non-hydrogen) atoms. The first-order valence-electron chi connectivity index (χ1n) is 9.17. The number of carbonyl (C=O) groups is 1. The van der Waals surface area contributed by atoms with Crippen LogP contribution in [0.4, 0.5) is 5.13 Å². The summed E-state index contributed by atoms with van der Waals surface area (Å²) in [5.74, 6) is 0.948. The molecule has 140 valence electrons. The molecule has 1 aliphatic carbocycles. The van der Waals surface area contributed by atoms with Crippen LogP contribution in [0.1, 0.15) is 39.0 Å². The number of ether oxygens (including phenoxy) is 1. The maximum Gasteiger partial charge on any atom is 0.305 e. The summed E-state index contributed by atoms with van der Waals surface area (Å²) in [5.41, 5.74) is 1.95. The Morgan fingerprint density at radius 1 is 1.27 bits per heavy atom. The molecule has 0 aliphatic heterocycles. The van der Waals surface area contributed by atoms with Crippen LogP contribution in [-0.4, -0.2) is 35.8 Å². The molecule has 1 aromatic heterocycles. The van der Waals surface area contributed by atoms with Crippen LogP contribution in [0.25, 0.3) is 11.3 Å². The third-order valence-corrected chi connectivity index (χ3v) is 5.85. The lowest BCUT2D eigenvalue weighted by Crippen LogP contribution is -2.22. The smallest absolute Gasteiger partial charge is 0.305 e. The van der Waals surface area contributed by atoms with Crippen LogP contribution >= 0.6 is 11.3 Å². The minimum Gasteiger partial charge on any atom is -0.490 e. The molecule has 2 aromatic rings. The Balaban J connectivity index is 1.59. The second-order valence-electron chi connectivity index (χ2n) is 7.10. The van der Waals surface area contributed by atoms with Gasteiger partial charge in [0.05, 0.1) is 18.2 Å². The first-order valence-corrected chi connectivity index (χ1v) is 10.0. The van der Waals surface area contributed by atoms with Crippen molar-refractivity contribution < 1.29 is 14.6 Å². The van der Waals surface area contributed by atoms with Gasteiger partial charge in [-0.3, -0.25) is 4.79 Å². The molecule has 0 saturated heterocycles. The molecule has 1 heterocycles. The highest BCUT2D eigenvalue weighted by Crippen LogP contribution is 2.30. The molecule has 0 bridgehead atoms. The number of thiazole rings is 1. The second-order valence-corrected chi connectivity index (χ2v) is 7.94. The van der Waals surface area contributed by atoms with Crippen LogP contribution in [0.2, 0.25) is 0 Å². The van der Waals surface area contributed by atoms with Crippen molar-refractivity contribution in [3.63, 3.8) is 0 Å². The molecule has 1 N–H and O–H groups in total. The summed E-state index contributed by atoms with van der Waals surface area (Å²) in [5, 5.41) is 11.6. The van der Waals surface area contributed by atoms with Gasteiger partial charge in [0, 0.05) is 24.5 Å². The number of carboxylic acids is 1. The van der Waals surface area contributed by atoms with E-state index in [9.17, 15) is 4.79 Å². The van der Waals surface area contributed by atoms with Gasteiger partial charge in [0.2, 0.25) is 0 Å². The van der Waals surface area contributed by atoms with Crippen LogP contribution in [-0.2, 0) is 4.79 Å². The molecule has 1 fully saturated rings. The Kier molecular flexibility index (Phi) is 6.14. The van der Waals surface area contributed by atoms with E-state index in [2.05, 4.69) is 11.9 Å². The topological polar surface area (TPSA) is 62.7 Å². The van der Waals surface area contributed by atoms with Crippen molar-refractivity contribution in [3.8, 4) is 17.0 Å². The number of carboxylic acid groups (broad SMARTS) is 1. The summed E-state index contributed by atoms with van der Waals surface area (Å²) in [4.78, 5) is 17.2. The number of hydrogen-bond donors (Lipinski definition) is 1. The van der Waals surface area contributed by atoms with Crippen LogP contribution in [0.15, 0.2) is 29.6 Å². The fourth-order valence-electron chi connectivity index (χ4n) is 3.18. The number of aromatic nitrogens is 1. The maximum atomic E-state index is 10.7. The minimum atomic E-state index is -0.795. The molecule has 5 nitrogen and oxygen atoms in total. The van der Waals surface area contributed by atoms with Gasteiger partial charge in [0.25, 0.3) is 0 Å². The predicted octanol–water partition coefficient (Wildman–Crippen LogP) is 4.68. The van der Waals surface area contributed by atoms with Crippen molar-refractivity contribution in [2.24, 2.45) is 5.92 Å². The standard InChI is InChI=1S/C20H26N2O3S/c1-14-3-7-16(8-4-14)25-17-9-5-15(6-10-17)18-13-26-20(21-18)22(2)12-11-19(23)24/h5-6,9-10,13-14,16H,3-4,7-8,11-12H2,1-2H3,(H,23,24)/t14-,16+. The Morgan fingerprint density at radius 3 is 2.62 bits per heavy atom. The van der Waals surface area contributed by atoms with Crippen LogP contribution in [0, 0.1) is 5.92 Å². The molecule has 3 rings (SSSR count). The summed E-state index contributed by atoms with van der Waals surface area (Å²) >= 11 is 1.53. The van der Waals surface area contributed by atoms with Crippen LogP contribution in [0.3, 0.4) is 0 Å². The van der Waals surface area contributed by atoms with E-state index in [4.69, 9.17) is 9.84 Å². The Bertz CT molecular complexity index is 721. The van der Waals surface area contributed by atoms with Gasteiger partial charge in [-0.25, -0.2) is 4.98 Å². The maximum absolute atomic E-state index is 10.7. The van der Waals surface area contributed by atoms with E-state index in [0.717, 1.165) is 40.9 Å². The van der Waals surface area contributed by atoms with Crippen molar-refractivity contribution in [2.75, 3.05) is 18.5 Å². The van der Waals surface area contributed by atoms with Crippen molar-refractivity contribution in [3.05, 3.63) is 29.6 Å². The third-order valence-electron chi connectivity index (χ3n) is 4.90.